The van der Waals surface area contributed by atoms with Crippen molar-refractivity contribution in [3.63, 3.8) is 0 Å². The summed E-state index contributed by atoms with van der Waals surface area (Å²) < 4.78 is 14.3. The van der Waals surface area contributed by atoms with E-state index in [2.05, 4.69) is 29.9 Å². The Kier molecular flexibility index (Phi) is 12.1. The standard InChI is InChI=1S/C29H24ClN5O2.C16H18N6O2/c1-18(2)35-16-22(25-28(30)31-17-32-29(25)35)27(36)21-14-23(33-24(15-21)37-3)34-26(19-10-6-4-7-11-19)20-12-8-5-9-13-20;1-8(2)22-6-10(13-15(18)19-7-20-16(13)22)14(23)9-4-11(17)21-12(5-9)24-3/h4-18H,1-3H3;4-8H,1-3H3,(H2,17,21)(H2,18,19,20). The number of benzene rings is 2. The lowest BCUT2D eigenvalue weighted by Gasteiger charge is -2.09. The minimum atomic E-state index is -0.251. The highest BCUT2D eigenvalue weighted by Crippen LogP contribution is 2.32. The van der Waals surface area contributed by atoms with Gasteiger partial charge in [0.1, 0.15) is 40.7 Å². The van der Waals surface area contributed by atoms with E-state index in [1.807, 2.05) is 97.5 Å². The van der Waals surface area contributed by atoms with Crippen LogP contribution in [0.1, 0.15) is 82.7 Å². The van der Waals surface area contributed by atoms with Crippen molar-refractivity contribution in [3.05, 3.63) is 149 Å². The second kappa shape index (κ2) is 17.8. The van der Waals surface area contributed by atoms with Crippen molar-refractivity contribution in [1.82, 2.24) is 39.0 Å². The van der Waals surface area contributed by atoms with Gasteiger partial charge >= 0.3 is 0 Å². The third-order valence-corrected chi connectivity index (χ3v) is 9.96. The second-order valence-corrected chi connectivity index (χ2v) is 14.7. The molecule has 0 unspecified atom stereocenters. The zero-order valence-corrected chi connectivity index (χ0v) is 35.0. The third kappa shape index (κ3) is 8.63. The van der Waals surface area contributed by atoms with Gasteiger partial charge in [0.15, 0.2) is 17.4 Å². The summed E-state index contributed by atoms with van der Waals surface area (Å²) in [6.45, 7) is 8.03. The second-order valence-electron chi connectivity index (χ2n) is 14.3. The Bertz CT molecular complexity index is 2890. The smallest absolute Gasteiger partial charge is 0.215 e. The number of nitrogens with zero attached hydrogens (tertiary/aromatic N) is 9. The number of aliphatic imine (C=N–C) groups is 1. The monoisotopic (exact) mass is 835 g/mol. The highest BCUT2D eigenvalue weighted by molar-refractivity contribution is 6.36. The van der Waals surface area contributed by atoms with Crippen molar-refractivity contribution in [2.24, 2.45) is 4.99 Å². The van der Waals surface area contributed by atoms with Gasteiger partial charge in [-0.15, -0.1) is 0 Å². The number of carbonyl (C=O) groups excluding carboxylic acids is 2. The van der Waals surface area contributed by atoms with Gasteiger partial charge in [0, 0.05) is 58.9 Å². The molecule has 0 atom stereocenters. The molecular formula is C45H42ClN11O4. The van der Waals surface area contributed by atoms with E-state index in [9.17, 15) is 9.59 Å². The Hall–Kier alpha value is -7.52. The lowest BCUT2D eigenvalue weighted by Crippen LogP contribution is -2.05. The number of fused-ring (bicyclic) bond motifs is 2. The molecule has 0 radical (unpaired) electrons. The molecule has 15 nitrogen and oxygen atoms in total. The van der Waals surface area contributed by atoms with Gasteiger partial charge in [0.25, 0.3) is 0 Å². The van der Waals surface area contributed by atoms with E-state index in [1.54, 1.807) is 24.5 Å². The van der Waals surface area contributed by atoms with Crippen LogP contribution in [0.3, 0.4) is 0 Å². The Morgan fingerprint density at radius 1 is 0.639 bits per heavy atom. The predicted octanol–water partition coefficient (Wildman–Crippen LogP) is 8.28. The van der Waals surface area contributed by atoms with Crippen LogP contribution in [-0.4, -0.2) is 70.5 Å². The topological polar surface area (TPSA) is 204 Å². The van der Waals surface area contributed by atoms with Crippen LogP contribution in [0.5, 0.6) is 11.8 Å². The molecule has 0 bridgehead atoms. The van der Waals surface area contributed by atoms with Gasteiger partial charge in [-0.3, -0.25) is 9.59 Å². The van der Waals surface area contributed by atoms with E-state index in [1.165, 1.54) is 39.0 Å². The van der Waals surface area contributed by atoms with Crippen LogP contribution in [-0.2, 0) is 0 Å². The van der Waals surface area contributed by atoms with E-state index < -0.39 is 0 Å². The minimum absolute atomic E-state index is 0.0708. The van der Waals surface area contributed by atoms with Crippen molar-refractivity contribution >= 4 is 68.4 Å². The van der Waals surface area contributed by atoms with Gasteiger partial charge in [0.2, 0.25) is 11.8 Å². The molecule has 0 saturated carbocycles. The quantitative estimate of drug-likeness (QED) is 0.0718. The first-order valence-electron chi connectivity index (χ1n) is 19.2. The number of halogens is 1. The zero-order chi connectivity index (χ0) is 43.4. The first-order valence-corrected chi connectivity index (χ1v) is 19.5. The molecular weight excluding hydrogens is 794 g/mol. The Morgan fingerprint density at radius 3 is 1.67 bits per heavy atom. The van der Waals surface area contributed by atoms with Crippen LogP contribution in [0.15, 0.2) is 115 Å². The van der Waals surface area contributed by atoms with E-state index >= 15 is 0 Å². The Labute approximate surface area is 356 Å². The number of anilines is 2. The van der Waals surface area contributed by atoms with Gasteiger partial charge in [-0.05, 0) is 39.8 Å². The van der Waals surface area contributed by atoms with Gasteiger partial charge in [-0.1, -0.05) is 72.3 Å². The van der Waals surface area contributed by atoms with Crippen LogP contribution >= 0.6 is 11.6 Å². The van der Waals surface area contributed by atoms with Gasteiger partial charge in [-0.25, -0.2) is 24.9 Å². The lowest BCUT2D eigenvalue weighted by atomic mass is 10.0. The predicted molar refractivity (Wildman–Crippen MR) is 236 cm³/mol. The molecule has 6 heterocycles. The van der Waals surface area contributed by atoms with Crippen LogP contribution in [0.2, 0.25) is 5.15 Å². The third-order valence-electron chi connectivity index (χ3n) is 9.68. The van der Waals surface area contributed by atoms with Crippen molar-refractivity contribution in [2.75, 3.05) is 25.7 Å². The molecule has 8 rings (SSSR count). The largest absolute Gasteiger partial charge is 0.481 e. The van der Waals surface area contributed by atoms with Gasteiger partial charge in [0.05, 0.1) is 41.8 Å². The van der Waals surface area contributed by atoms with Crippen LogP contribution in [0.4, 0.5) is 17.5 Å². The Balaban J connectivity index is 0.000000202. The van der Waals surface area contributed by atoms with Crippen molar-refractivity contribution < 1.29 is 19.1 Å². The number of methoxy groups -OCH3 is 2. The summed E-state index contributed by atoms with van der Waals surface area (Å²) in [6.07, 6.45) is 6.30. The molecule has 4 N–H and O–H groups in total. The maximum Gasteiger partial charge on any atom is 0.215 e. The summed E-state index contributed by atoms with van der Waals surface area (Å²) in [5, 5.41) is 1.27. The summed E-state index contributed by atoms with van der Waals surface area (Å²) in [5.74, 6) is 0.870. The van der Waals surface area contributed by atoms with Crippen molar-refractivity contribution in [3.8, 4) is 11.8 Å². The molecule has 0 spiro atoms. The van der Waals surface area contributed by atoms with Crippen LogP contribution in [0.25, 0.3) is 22.1 Å². The molecule has 61 heavy (non-hydrogen) atoms. The number of ketones is 2. The molecule has 0 saturated heterocycles. The number of rotatable bonds is 11. The molecule has 0 aliphatic heterocycles. The van der Waals surface area contributed by atoms with E-state index in [0.717, 1.165) is 16.8 Å². The van der Waals surface area contributed by atoms with Crippen LogP contribution < -0.4 is 20.9 Å². The highest BCUT2D eigenvalue weighted by atomic mass is 35.5. The normalized spacial score (nSPS) is 11.1. The summed E-state index contributed by atoms with van der Waals surface area (Å²) in [4.78, 5) is 57.0. The lowest BCUT2D eigenvalue weighted by molar-refractivity contribution is 0.103. The number of ether oxygens (including phenoxy) is 2. The summed E-state index contributed by atoms with van der Waals surface area (Å²) in [5.41, 5.74) is 17.1. The fourth-order valence-corrected chi connectivity index (χ4v) is 6.98. The minimum Gasteiger partial charge on any atom is -0.481 e. The zero-order valence-electron chi connectivity index (χ0n) is 34.2. The maximum atomic E-state index is 13.8. The van der Waals surface area contributed by atoms with Gasteiger partial charge in [-0.2, -0.15) is 9.97 Å². The summed E-state index contributed by atoms with van der Waals surface area (Å²) >= 11 is 6.43. The molecule has 0 amide bonds. The molecule has 0 aliphatic carbocycles. The van der Waals surface area contributed by atoms with Crippen molar-refractivity contribution in [1.29, 1.82) is 0 Å². The fourth-order valence-electron chi connectivity index (χ4n) is 6.75. The molecule has 16 heteroatoms. The van der Waals surface area contributed by atoms with E-state index in [0.29, 0.717) is 50.1 Å². The molecule has 8 aromatic rings. The Morgan fingerprint density at radius 2 is 1.13 bits per heavy atom. The number of carbonyl (C=O) groups is 2. The molecule has 0 fully saturated rings. The molecule has 6 aromatic heterocycles. The van der Waals surface area contributed by atoms with E-state index in [4.69, 9.17) is 37.5 Å². The van der Waals surface area contributed by atoms with Crippen molar-refractivity contribution in [2.45, 2.75) is 39.8 Å². The number of nitrogens with two attached hydrogens (primary N) is 2. The van der Waals surface area contributed by atoms with Gasteiger partial charge < -0.3 is 30.1 Å². The number of nitrogen functional groups attached to an aromatic ring is 2. The first-order chi connectivity index (χ1) is 29.4. The van der Waals surface area contributed by atoms with Crippen LogP contribution in [0, 0.1) is 0 Å². The molecule has 2 aromatic carbocycles. The summed E-state index contributed by atoms with van der Waals surface area (Å²) in [6, 6.07) is 26.2. The summed E-state index contributed by atoms with van der Waals surface area (Å²) in [7, 11) is 2.97. The fraction of sp³-hybridized carbons (Fsp3) is 0.178. The number of pyridine rings is 2. The average molecular weight is 836 g/mol. The number of hydrogen-bond acceptors (Lipinski definition) is 13. The average Bonchev–Trinajstić information content (AvgIpc) is 3.87. The van der Waals surface area contributed by atoms with E-state index in [-0.39, 0.29) is 52.2 Å². The number of hydrogen-bond donors (Lipinski definition) is 2. The molecule has 308 valence electrons. The number of aromatic nitrogens is 8. The highest BCUT2D eigenvalue weighted by Gasteiger charge is 2.24. The molecule has 0 aliphatic rings. The SMILES string of the molecule is COc1cc(C(=O)c2cn(C(C)C)c3ncnc(Cl)c23)cc(N=C(c2ccccc2)c2ccccc2)n1.COc1cc(C(=O)c2cn(C(C)C)c3ncnc(N)c23)cc(N)n1. The maximum absolute atomic E-state index is 13.8. The first kappa shape index (κ1) is 41.6.